The molecule has 0 unspecified atom stereocenters. The van der Waals surface area contributed by atoms with E-state index in [1.165, 1.54) is 28.1 Å². The monoisotopic (exact) mass is 560 g/mol. The van der Waals surface area contributed by atoms with Gasteiger partial charge in [-0.3, -0.25) is 19.2 Å². The third-order valence-electron chi connectivity index (χ3n) is 5.10. The molecule has 1 aliphatic heterocycles. The summed E-state index contributed by atoms with van der Waals surface area (Å²) in [6.45, 7) is 4.40. The summed E-state index contributed by atoms with van der Waals surface area (Å²) in [6, 6.07) is 3.34. The van der Waals surface area contributed by atoms with Gasteiger partial charge >= 0.3 is 23.9 Å². The van der Waals surface area contributed by atoms with Crippen molar-refractivity contribution < 1.29 is 52.3 Å². The molecule has 1 fully saturated rings. The summed E-state index contributed by atoms with van der Waals surface area (Å²) in [5, 5.41) is 0.360. The normalized spacial score (nSPS) is 23.6. The molecule has 12 heteroatoms. The van der Waals surface area contributed by atoms with E-state index in [9.17, 15) is 19.2 Å². The number of alkyl halides is 1. The van der Waals surface area contributed by atoms with Gasteiger partial charge in [0.05, 0.1) is 14.2 Å². The first kappa shape index (κ1) is 28.4. The lowest BCUT2D eigenvalue weighted by atomic mass is 9.89. The smallest absolute Gasteiger partial charge is 0.303 e. The Hall–Kier alpha value is -2.86. The standard InChI is InChI=1S/C23H29BrO11/c1-11(25)31-10-18-21(32-12(2)26)23(34-14(4)28)22(33-13(3)27)20(35-18)15-7-8-17(29-5)16(9-24)19(15)30-6/h7-8,18,20-23H,9-10H2,1-6H3/t18-,20+,21-,22+,23+/m1/s1. The Labute approximate surface area is 211 Å². The highest BCUT2D eigenvalue weighted by molar-refractivity contribution is 9.08. The fourth-order valence-electron chi connectivity index (χ4n) is 3.89. The SMILES string of the molecule is COc1ccc([C@@H]2O[C@H](COC(C)=O)[C@@H](OC(C)=O)[C@H](OC(C)=O)[C@H]2OC(C)=O)c(OC)c1CBr. The lowest BCUT2D eigenvalue weighted by Gasteiger charge is -2.44. The first-order chi connectivity index (χ1) is 16.5. The number of halogens is 1. The molecule has 0 saturated carbocycles. The second-order valence-corrected chi connectivity index (χ2v) is 8.18. The predicted molar refractivity (Wildman–Crippen MR) is 123 cm³/mol. The molecule has 194 valence electrons. The lowest BCUT2D eigenvalue weighted by molar-refractivity contribution is -0.254. The highest BCUT2D eigenvalue weighted by Crippen LogP contribution is 2.44. The van der Waals surface area contributed by atoms with Crippen LogP contribution in [0.5, 0.6) is 11.5 Å². The van der Waals surface area contributed by atoms with Crippen LogP contribution in [0.3, 0.4) is 0 Å². The zero-order chi connectivity index (χ0) is 26.3. The van der Waals surface area contributed by atoms with Gasteiger partial charge in [-0.15, -0.1) is 0 Å². The van der Waals surface area contributed by atoms with E-state index in [0.717, 1.165) is 13.8 Å². The van der Waals surface area contributed by atoms with Crippen LogP contribution in [0.25, 0.3) is 0 Å². The van der Waals surface area contributed by atoms with Gasteiger partial charge in [0, 0.05) is 44.2 Å². The van der Waals surface area contributed by atoms with Crippen molar-refractivity contribution in [3.63, 3.8) is 0 Å². The molecule has 1 aromatic carbocycles. The summed E-state index contributed by atoms with van der Waals surface area (Å²) in [5.74, 6) is -1.78. The summed E-state index contributed by atoms with van der Waals surface area (Å²) in [4.78, 5) is 47.5. The van der Waals surface area contributed by atoms with E-state index >= 15 is 0 Å². The number of rotatable bonds is 9. The van der Waals surface area contributed by atoms with E-state index in [1.54, 1.807) is 12.1 Å². The summed E-state index contributed by atoms with van der Waals surface area (Å²) in [7, 11) is 2.96. The number of ether oxygens (including phenoxy) is 7. The van der Waals surface area contributed by atoms with Gasteiger partial charge in [0.1, 0.15) is 30.3 Å². The molecule has 2 rings (SSSR count). The molecule has 0 radical (unpaired) electrons. The lowest BCUT2D eigenvalue weighted by Crippen LogP contribution is -2.59. The molecule has 35 heavy (non-hydrogen) atoms. The summed E-state index contributed by atoms with van der Waals surface area (Å²) in [5.41, 5.74) is 1.10. The van der Waals surface area contributed by atoms with Crippen molar-refractivity contribution in [2.24, 2.45) is 0 Å². The number of esters is 4. The largest absolute Gasteiger partial charge is 0.496 e. The number of benzene rings is 1. The molecule has 0 amide bonds. The fraction of sp³-hybridized carbons (Fsp3) is 0.565. The first-order valence-corrected chi connectivity index (χ1v) is 11.8. The van der Waals surface area contributed by atoms with Gasteiger partial charge in [0.25, 0.3) is 0 Å². The summed E-state index contributed by atoms with van der Waals surface area (Å²) < 4.78 is 38.8. The molecule has 0 aromatic heterocycles. The van der Waals surface area contributed by atoms with Crippen molar-refractivity contribution in [3.8, 4) is 11.5 Å². The van der Waals surface area contributed by atoms with Crippen LogP contribution in [-0.4, -0.2) is 69.1 Å². The number of methoxy groups -OCH3 is 2. The number of hydrogen-bond acceptors (Lipinski definition) is 11. The van der Waals surface area contributed by atoms with Gasteiger partial charge < -0.3 is 33.2 Å². The quantitative estimate of drug-likeness (QED) is 0.250. The van der Waals surface area contributed by atoms with Crippen molar-refractivity contribution in [1.82, 2.24) is 0 Å². The van der Waals surface area contributed by atoms with Crippen LogP contribution in [0.1, 0.15) is 44.9 Å². The van der Waals surface area contributed by atoms with Crippen LogP contribution < -0.4 is 9.47 Å². The molecule has 0 aliphatic carbocycles. The van der Waals surface area contributed by atoms with Crippen molar-refractivity contribution >= 4 is 39.8 Å². The molecule has 5 atom stereocenters. The van der Waals surface area contributed by atoms with E-state index < -0.39 is 54.4 Å². The molecule has 1 heterocycles. The van der Waals surface area contributed by atoms with Crippen molar-refractivity contribution in [2.45, 2.75) is 63.5 Å². The van der Waals surface area contributed by atoms with Gasteiger partial charge in [0.15, 0.2) is 18.3 Å². The Morgan fingerprint density at radius 3 is 1.89 bits per heavy atom. The van der Waals surface area contributed by atoms with Crippen molar-refractivity contribution in [2.75, 3.05) is 20.8 Å². The number of carbonyl (C=O) groups excluding carboxylic acids is 4. The Morgan fingerprint density at radius 1 is 0.829 bits per heavy atom. The van der Waals surface area contributed by atoms with E-state index in [4.69, 9.17) is 33.2 Å². The predicted octanol–water partition coefficient (Wildman–Crippen LogP) is 2.40. The van der Waals surface area contributed by atoms with E-state index in [1.807, 2.05) is 0 Å². The Balaban J connectivity index is 2.71. The number of carbonyl (C=O) groups is 4. The molecule has 0 spiro atoms. The van der Waals surface area contributed by atoms with Gasteiger partial charge in [0.2, 0.25) is 0 Å². The van der Waals surface area contributed by atoms with E-state index in [2.05, 4.69) is 15.9 Å². The molecule has 1 aliphatic rings. The Kier molecular flexibility index (Phi) is 10.3. The summed E-state index contributed by atoms with van der Waals surface area (Å²) in [6.07, 6.45) is -5.88. The van der Waals surface area contributed by atoms with Gasteiger partial charge in [-0.1, -0.05) is 15.9 Å². The Morgan fingerprint density at radius 2 is 1.40 bits per heavy atom. The molecule has 1 saturated heterocycles. The zero-order valence-electron chi connectivity index (χ0n) is 20.3. The van der Waals surface area contributed by atoms with Crippen LogP contribution in [0.4, 0.5) is 0 Å². The van der Waals surface area contributed by atoms with Crippen molar-refractivity contribution in [3.05, 3.63) is 23.3 Å². The average molecular weight is 561 g/mol. The van der Waals surface area contributed by atoms with Gasteiger partial charge in [-0.2, -0.15) is 0 Å². The van der Waals surface area contributed by atoms with Gasteiger partial charge in [-0.05, 0) is 12.1 Å². The minimum Gasteiger partial charge on any atom is -0.496 e. The first-order valence-electron chi connectivity index (χ1n) is 10.6. The highest BCUT2D eigenvalue weighted by atomic mass is 79.9. The maximum Gasteiger partial charge on any atom is 0.303 e. The minimum absolute atomic E-state index is 0.321. The second-order valence-electron chi connectivity index (χ2n) is 7.62. The Bertz CT molecular complexity index is 948. The summed E-state index contributed by atoms with van der Waals surface area (Å²) >= 11 is 3.42. The van der Waals surface area contributed by atoms with Crippen LogP contribution in [0.2, 0.25) is 0 Å². The van der Waals surface area contributed by atoms with Crippen molar-refractivity contribution in [1.29, 1.82) is 0 Å². The molecular weight excluding hydrogens is 532 g/mol. The zero-order valence-corrected chi connectivity index (χ0v) is 21.9. The molecule has 1 aromatic rings. The van der Waals surface area contributed by atoms with Crippen LogP contribution in [-0.2, 0) is 48.2 Å². The van der Waals surface area contributed by atoms with Crippen LogP contribution in [0, 0.1) is 0 Å². The third-order valence-corrected chi connectivity index (χ3v) is 5.66. The van der Waals surface area contributed by atoms with Gasteiger partial charge in [-0.25, -0.2) is 0 Å². The molecule has 11 nitrogen and oxygen atoms in total. The highest BCUT2D eigenvalue weighted by Gasteiger charge is 2.53. The maximum atomic E-state index is 12.1. The average Bonchev–Trinajstić information content (AvgIpc) is 2.78. The molecule has 0 N–H and O–H groups in total. The van der Waals surface area contributed by atoms with E-state index in [0.29, 0.717) is 28.0 Å². The number of hydrogen-bond donors (Lipinski definition) is 0. The molecule has 0 bridgehead atoms. The second kappa shape index (κ2) is 12.7. The molecular formula is C23H29BrO11. The van der Waals surface area contributed by atoms with Crippen LogP contribution >= 0.6 is 15.9 Å². The van der Waals surface area contributed by atoms with Crippen LogP contribution in [0.15, 0.2) is 12.1 Å². The fourth-order valence-corrected chi connectivity index (χ4v) is 4.42. The maximum absolute atomic E-state index is 12.1. The minimum atomic E-state index is -1.28. The topological polar surface area (TPSA) is 133 Å². The van der Waals surface area contributed by atoms with E-state index in [-0.39, 0.29) is 6.61 Å². The third kappa shape index (κ3) is 7.07.